The third-order valence-corrected chi connectivity index (χ3v) is 2.22. The third-order valence-electron chi connectivity index (χ3n) is 1.72. The van der Waals surface area contributed by atoms with Crippen LogP contribution in [-0.4, -0.2) is 25.1 Å². The average molecular weight is 270 g/mol. The van der Waals surface area contributed by atoms with Crippen molar-refractivity contribution >= 4 is 27.8 Å². The summed E-state index contributed by atoms with van der Waals surface area (Å²) in [7, 11) is 3.24. The minimum Gasteiger partial charge on any atom is -0.410 e. The van der Waals surface area contributed by atoms with Crippen LogP contribution in [0.5, 0.6) is 0 Å². The number of hydrogen-bond donors (Lipinski definition) is 0. The van der Waals surface area contributed by atoms with Crippen molar-refractivity contribution in [2.24, 2.45) is 0 Å². The van der Waals surface area contributed by atoms with Crippen molar-refractivity contribution in [1.29, 1.82) is 0 Å². The van der Waals surface area contributed by atoms with Gasteiger partial charge in [-0.15, -0.1) is 0 Å². The van der Waals surface area contributed by atoms with E-state index < -0.39 is 6.09 Å². The molecule has 0 bridgehead atoms. The fraction of sp³-hybridized carbons (Fsp3) is 0.182. The molecule has 3 nitrogen and oxygen atoms in total. The third kappa shape index (κ3) is 3.40. The van der Waals surface area contributed by atoms with Gasteiger partial charge in [-0.25, -0.2) is 4.79 Å². The molecular formula is C11H12BrNO2. The van der Waals surface area contributed by atoms with Crippen LogP contribution in [0.25, 0.3) is 5.76 Å². The van der Waals surface area contributed by atoms with E-state index in [0.29, 0.717) is 5.76 Å². The fourth-order valence-electron chi connectivity index (χ4n) is 0.918. The molecule has 0 unspecified atom stereocenters. The number of hydrogen-bond acceptors (Lipinski definition) is 2. The molecule has 1 aromatic rings. The maximum atomic E-state index is 11.2. The predicted molar refractivity (Wildman–Crippen MR) is 63.3 cm³/mol. The second-order valence-corrected chi connectivity index (χ2v) is 4.11. The molecule has 1 amide bonds. The van der Waals surface area contributed by atoms with E-state index in [-0.39, 0.29) is 0 Å². The average Bonchev–Trinajstić information content (AvgIpc) is 2.17. The minimum absolute atomic E-state index is 0.343. The summed E-state index contributed by atoms with van der Waals surface area (Å²) < 4.78 is 5.94. The molecule has 0 aliphatic rings. The van der Waals surface area contributed by atoms with Gasteiger partial charge in [0, 0.05) is 24.1 Å². The quantitative estimate of drug-likeness (QED) is 0.773. The van der Waals surface area contributed by atoms with Gasteiger partial charge in [0.15, 0.2) is 0 Å². The normalized spacial score (nSPS) is 9.53. The Bertz CT molecular complexity index is 388. The SMILES string of the molecule is C=C(OC(=O)N(C)C)c1cccc(Br)c1. The van der Waals surface area contributed by atoms with Gasteiger partial charge < -0.3 is 9.64 Å². The Hall–Kier alpha value is -1.29. The summed E-state index contributed by atoms with van der Waals surface area (Å²) >= 11 is 3.33. The van der Waals surface area contributed by atoms with E-state index in [1.54, 1.807) is 14.1 Å². The standard InChI is InChI=1S/C11H12BrNO2/c1-8(15-11(14)13(2)3)9-5-4-6-10(12)7-9/h4-7H,1H2,2-3H3. The predicted octanol–water partition coefficient (Wildman–Crippen LogP) is 3.12. The molecule has 0 saturated carbocycles. The lowest BCUT2D eigenvalue weighted by Gasteiger charge is -2.12. The van der Waals surface area contributed by atoms with Crippen molar-refractivity contribution in [2.75, 3.05) is 14.1 Å². The van der Waals surface area contributed by atoms with Crippen LogP contribution in [0.2, 0.25) is 0 Å². The van der Waals surface area contributed by atoms with E-state index >= 15 is 0 Å². The van der Waals surface area contributed by atoms with Gasteiger partial charge in [-0.1, -0.05) is 34.6 Å². The van der Waals surface area contributed by atoms with Gasteiger partial charge >= 0.3 is 6.09 Å². The molecule has 0 aromatic heterocycles. The summed E-state index contributed by atoms with van der Waals surface area (Å²) in [4.78, 5) is 12.6. The molecule has 0 aliphatic heterocycles. The van der Waals surface area contributed by atoms with Crippen LogP contribution in [0.3, 0.4) is 0 Å². The Morgan fingerprint density at radius 3 is 2.67 bits per heavy atom. The summed E-state index contributed by atoms with van der Waals surface area (Å²) in [6, 6.07) is 7.42. The summed E-state index contributed by atoms with van der Waals surface area (Å²) in [5, 5.41) is 0. The fourth-order valence-corrected chi connectivity index (χ4v) is 1.32. The Balaban J connectivity index is 2.74. The number of halogens is 1. The molecule has 0 heterocycles. The van der Waals surface area contributed by atoms with Gasteiger partial charge in [0.2, 0.25) is 0 Å². The molecule has 0 spiro atoms. The summed E-state index contributed by atoms with van der Waals surface area (Å²) in [5.41, 5.74) is 0.777. The molecule has 4 heteroatoms. The van der Waals surface area contributed by atoms with Gasteiger partial charge in [-0.2, -0.15) is 0 Å². The first-order valence-electron chi connectivity index (χ1n) is 4.34. The molecule has 1 aromatic carbocycles. The lowest BCUT2D eigenvalue weighted by molar-refractivity contribution is 0.163. The van der Waals surface area contributed by atoms with Gasteiger partial charge in [0.25, 0.3) is 0 Å². The van der Waals surface area contributed by atoms with Gasteiger partial charge in [0.05, 0.1) is 0 Å². The molecule has 0 N–H and O–H groups in total. The molecule has 0 radical (unpaired) electrons. The zero-order valence-electron chi connectivity index (χ0n) is 8.66. The van der Waals surface area contributed by atoms with Crippen LogP contribution in [0.1, 0.15) is 5.56 Å². The molecule has 15 heavy (non-hydrogen) atoms. The van der Waals surface area contributed by atoms with Crippen molar-refractivity contribution < 1.29 is 9.53 Å². The van der Waals surface area contributed by atoms with Crippen LogP contribution in [0.15, 0.2) is 35.3 Å². The maximum Gasteiger partial charge on any atom is 0.414 e. The van der Waals surface area contributed by atoms with Gasteiger partial charge in [0.1, 0.15) is 5.76 Å². The highest BCUT2D eigenvalue weighted by molar-refractivity contribution is 9.10. The first kappa shape index (κ1) is 11.8. The van der Waals surface area contributed by atoms with Crippen LogP contribution in [0, 0.1) is 0 Å². The minimum atomic E-state index is -0.431. The molecule has 0 atom stereocenters. The highest BCUT2D eigenvalue weighted by Crippen LogP contribution is 2.19. The number of nitrogens with zero attached hydrogens (tertiary/aromatic N) is 1. The number of carbonyl (C=O) groups excluding carboxylic acids is 1. The van der Waals surface area contributed by atoms with Crippen LogP contribution in [-0.2, 0) is 4.74 Å². The van der Waals surface area contributed by atoms with Gasteiger partial charge in [-0.05, 0) is 12.1 Å². The number of benzene rings is 1. The number of ether oxygens (including phenoxy) is 1. The lowest BCUT2D eigenvalue weighted by atomic mass is 10.2. The monoisotopic (exact) mass is 269 g/mol. The Kier molecular flexibility index (Phi) is 3.91. The van der Waals surface area contributed by atoms with Gasteiger partial charge in [-0.3, -0.25) is 0 Å². The molecular weight excluding hydrogens is 258 g/mol. The van der Waals surface area contributed by atoms with Crippen LogP contribution >= 0.6 is 15.9 Å². The molecule has 0 fully saturated rings. The zero-order chi connectivity index (χ0) is 11.4. The van der Waals surface area contributed by atoms with E-state index in [4.69, 9.17) is 4.74 Å². The summed E-state index contributed by atoms with van der Waals surface area (Å²) in [5.74, 6) is 0.343. The smallest absolute Gasteiger partial charge is 0.410 e. The Labute approximate surface area is 97.5 Å². The van der Waals surface area contributed by atoms with E-state index in [9.17, 15) is 4.79 Å². The van der Waals surface area contributed by atoms with Crippen LogP contribution in [0.4, 0.5) is 4.79 Å². The number of carbonyl (C=O) groups is 1. The van der Waals surface area contributed by atoms with E-state index in [2.05, 4.69) is 22.5 Å². The molecule has 1 rings (SSSR count). The summed E-state index contributed by atoms with van der Waals surface area (Å²) in [6.07, 6.45) is -0.431. The van der Waals surface area contributed by atoms with Crippen molar-refractivity contribution in [3.63, 3.8) is 0 Å². The Morgan fingerprint density at radius 1 is 1.47 bits per heavy atom. The van der Waals surface area contributed by atoms with Crippen molar-refractivity contribution in [3.8, 4) is 0 Å². The Morgan fingerprint density at radius 2 is 2.13 bits per heavy atom. The molecule has 0 aliphatic carbocycles. The molecule has 0 saturated heterocycles. The zero-order valence-corrected chi connectivity index (χ0v) is 10.2. The second-order valence-electron chi connectivity index (χ2n) is 3.20. The lowest BCUT2D eigenvalue weighted by Crippen LogP contribution is -2.21. The highest BCUT2D eigenvalue weighted by atomic mass is 79.9. The first-order valence-corrected chi connectivity index (χ1v) is 5.14. The van der Waals surface area contributed by atoms with E-state index in [0.717, 1.165) is 10.0 Å². The maximum absolute atomic E-state index is 11.2. The largest absolute Gasteiger partial charge is 0.414 e. The van der Waals surface area contributed by atoms with Crippen molar-refractivity contribution in [1.82, 2.24) is 4.90 Å². The molecule has 80 valence electrons. The van der Waals surface area contributed by atoms with Crippen LogP contribution < -0.4 is 0 Å². The number of rotatable bonds is 2. The van der Waals surface area contributed by atoms with Crippen molar-refractivity contribution in [2.45, 2.75) is 0 Å². The van der Waals surface area contributed by atoms with E-state index in [1.165, 1.54) is 4.90 Å². The topological polar surface area (TPSA) is 29.5 Å². The van der Waals surface area contributed by atoms with E-state index in [1.807, 2.05) is 24.3 Å². The summed E-state index contributed by atoms with van der Waals surface area (Å²) in [6.45, 7) is 3.70. The first-order chi connectivity index (χ1) is 7.00. The second kappa shape index (κ2) is 4.98. The van der Waals surface area contributed by atoms with Crippen molar-refractivity contribution in [3.05, 3.63) is 40.9 Å². The highest BCUT2D eigenvalue weighted by Gasteiger charge is 2.08. The number of amides is 1.